The minimum absolute atomic E-state index is 0.171. The van der Waals surface area contributed by atoms with Crippen LogP contribution in [0.1, 0.15) is 20.3 Å². The second kappa shape index (κ2) is 7.63. The first kappa shape index (κ1) is 20.5. The zero-order valence-corrected chi connectivity index (χ0v) is 15.0. The Morgan fingerprint density at radius 3 is 2.56 bits per heavy atom. The number of aliphatic hydroxyl groups excluding tert-OH is 4. The number of aliphatic hydroxyl groups is 5. The topological polar surface area (TPSA) is 155 Å². The van der Waals surface area contributed by atoms with Crippen LogP contribution in [0.15, 0.2) is 12.3 Å². The number of hydrogen-bond donors (Lipinski definition) is 5. The molecule has 0 spiro atoms. The lowest BCUT2D eigenvalue weighted by Crippen LogP contribution is -2.60. The largest absolute Gasteiger partial charge is 0.472 e. The number of esters is 1. The van der Waals surface area contributed by atoms with Crippen LogP contribution in [0.4, 0.5) is 0 Å². The third-order valence-electron chi connectivity index (χ3n) is 5.42. The van der Waals surface area contributed by atoms with Crippen LogP contribution in [0.5, 0.6) is 0 Å². The van der Waals surface area contributed by atoms with Crippen LogP contribution in [-0.2, 0) is 23.7 Å². The first-order valence-electron chi connectivity index (χ1n) is 8.83. The van der Waals surface area contributed by atoms with Crippen LogP contribution in [0, 0.1) is 11.8 Å². The first-order valence-corrected chi connectivity index (χ1v) is 8.83. The van der Waals surface area contributed by atoms with Gasteiger partial charge < -0.3 is 44.5 Å². The number of rotatable bonds is 4. The maximum absolute atomic E-state index is 11.3. The van der Waals surface area contributed by atoms with Crippen LogP contribution in [-0.4, -0.2) is 86.8 Å². The summed E-state index contributed by atoms with van der Waals surface area (Å²) in [5, 5.41) is 50.0. The highest BCUT2D eigenvalue weighted by Crippen LogP contribution is 2.48. The van der Waals surface area contributed by atoms with Gasteiger partial charge in [0.15, 0.2) is 6.29 Å². The minimum Gasteiger partial charge on any atom is -0.472 e. The molecule has 5 N–H and O–H groups in total. The smallest absolute Gasteiger partial charge is 0.302 e. The summed E-state index contributed by atoms with van der Waals surface area (Å²) in [6, 6.07) is 0. The Kier molecular flexibility index (Phi) is 5.78. The third kappa shape index (κ3) is 3.83. The normalized spacial score (nSPS) is 49.4. The number of carbonyl (C=O) groups is 1. The summed E-state index contributed by atoms with van der Waals surface area (Å²) in [5.41, 5.74) is -1.30. The van der Waals surface area contributed by atoms with E-state index in [1.54, 1.807) is 13.0 Å². The van der Waals surface area contributed by atoms with E-state index in [9.17, 15) is 30.3 Å². The van der Waals surface area contributed by atoms with Crippen molar-refractivity contribution in [3.63, 3.8) is 0 Å². The molecule has 0 bridgehead atoms. The highest BCUT2D eigenvalue weighted by molar-refractivity contribution is 5.66. The van der Waals surface area contributed by atoms with Gasteiger partial charge in [-0.2, -0.15) is 0 Å². The second-order valence-electron chi connectivity index (χ2n) is 7.48. The monoisotopic (exact) mass is 390 g/mol. The Balaban J connectivity index is 1.77. The van der Waals surface area contributed by atoms with E-state index in [0.29, 0.717) is 0 Å². The molecule has 0 unspecified atom stereocenters. The van der Waals surface area contributed by atoms with Gasteiger partial charge in [-0.25, -0.2) is 0 Å². The van der Waals surface area contributed by atoms with Crippen molar-refractivity contribution < 1.29 is 49.3 Å². The van der Waals surface area contributed by atoms with Crippen molar-refractivity contribution in [1.82, 2.24) is 0 Å². The molecule has 2 aliphatic heterocycles. The molecular formula is C17H26O10. The summed E-state index contributed by atoms with van der Waals surface area (Å²) in [5.74, 6) is -1.49. The molecule has 0 aromatic heterocycles. The van der Waals surface area contributed by atoms with Gasteiger partial charge in [-0.05, 0) is 13.0 Å². The Bertz CT molecular complexity index is 576. The molecule has 0 radical (unpaired) electrons. The summed E-state index contributed by atoms with van der Waals surface area (Å²) in [4.78, 5) is 11.3. The third-order valence-corrected chi connectivity index (χ3v) is 5.42. The Hall–Kier alpha value is -1.27. The van der Waals surface area contributed by atoms with E-state index >= 15 is 0 Å². The molecule has 10 nitrogen and oxygen atoms in total. The van der Waals surface area contributed by atoms with Crippen molar-refractivity contribution in [2.75, 3.05) is 6.61 Å². The van der Waals surface area contributed by atoms with Gasteiger partial charge in [0.05, 0.1) is 24.4 Å². The number of fused-ring (bicyclic) bond motifs is 1. The van der Waals surface area contributed by atoms with Crippen molar-refractivity contribution in [2.24, 2.45) is 11.8 Å². The Morgan fingerprint density at radius 1 is 1.22 bits per heavy atom. The standard InChI is InChI=1S/C17H26O10/c1-7(19)25-9-5-17(2,23)11-8(9)3-4-24-15(11)27-16-14(22)13(21)12(20)10(6-18)26-16/h3-4,8-16,18,20-23H,5-6H2,1-2H3/t8-,9-,10+,11+,12+,13-,14+,15-,16-,17-/m0/s1. The van der Waals surface area contributed by atoms with E-state index in [-0.39, 0.29) is 12.3 Å². The number of carbonyl (C=O) groups excluding carboxylic acids is 1. The lowest BCUT2D eigenvalue weighted by molar-refractivity contribution is -0.346. The van der Waals surface area contributed by atoms with Crippen molar-refractivity contribution in [3.05, 3.63) is 12.3 Å². The van der Waals surface area contributed by atoms with E-state index in [1.807, 2.05) is 0 Å². The van der Waals surface area contributed by atoms with E-state index in [1.165, 1.54) is 13.2 Å². The van der Waals surface area contributed by atoms with Gasteiger partial charge in [0, 0.05) is 19.3 Å². The predicted molar refractivity (Wildman–Crippen MR) is 86.6 cm³/mol. The molecule has 2 fully saturated rings. The average molecular weight is 390 g/mol. The molecule has 0 amide bonds. The summed E-state index contributed by atoms with van der Waals surface area (Å²) in [6.07, 6.45) is -5.65. The SMILES string of the molecule is CC(=O)O[C@H]1C[C@](C)(O)[C@H]2[C@H](O[C@@H]3O[C@H](CO)[C@@H](O)[C@H](O)[C@H]3O)OC=C[C@H]21. The van der Waals surface area contributed by atoms with Gasteiger partial charge in [0.2, 0.25) is 6.29 Å². The van der Waals surface area contributed by atoms with Crippen LogP contribution in [0.25, 0.3) is 0 Å². The maximum atomic E-state index is 11.3. The van der Waals surface area contributed by atoms with Crippen LogP contribution < -0.4 is 0 Å². The quantitative estimate of drug-likeness (QED) is 0.340. The van der Waals surface area contributed by atoms with Crippen LogP contribution in [0.2, 0.25) is 0 Å². The van der Waals surface area contributed by atoms with Crippen molar-refractivity contribution in [2.45, 2.75) is 69.0 Å². The summed E-state index contributed by atoms with van der Waals surface area (Å²) in [7, 11) is 0. The molecule has 1 aliphatic carbocycles. The van der Waals surface area contributed by atoms with E-state index < -0.39 is 67.2 Å². The fourth-order valence-electron chi connectivity index (χ4n) is 4.10. The Morgan fingerprint density at radius 2 is 1.93 bits per heavy atom. The van der Waals surface area contributed by atoms with Crippen molar-refractivity contribution >= 4 is 5.97 Å². The van der Waals surface area contributed by atoms with Crippen LogP contribution in [0.3, 0.4) is 0 Å². The molecule has 1 saturated carbocycles. The molecule has 154 valence electrons. The fraction of sp³-hybridized carbons (Fsp3) is 0.824. The molecule has 0 aromatic carbocycles. The minimum atomic E-state index is -1.59. The number of hydrogen-bond acceptors (Lipinski definition) is 10. The van der Waals surface area contributed by atoms with E-state index in [2.05, 4.69) is 0 Å². The van der Waals surface area contributed by atoms with E-state index in [0.717, 1.165) is 0 Å². The maximum Gasteiger partial charge on any atom is 0.302 e. The molecule has 0 aromatic rings. The average Bonchev–Trinajstić information content (AvgIpc) is 2.86. The summed E-state index contributed by atoms with van der Waals surface area (Å²) < 4.78 is 21.8. The fourth-order valence-corrected chi connectivity index (χ4v) is 4.10. The van der Waals surface area contributed by atoms with Crippen molar-refractivity contribution in [1.29, 1.82) is 0 Å². The van der Waals surface area contributed by atoms with Gasteiger partial charge in [-0.3, -0.25) is 4.79 Å². The van der Waals surface area contributed by atoms with Gasteiger partial charge in [0.1, 0.15) is 30.5 Å². The van der Waals surface area contributed by atoms with Gasteiger partial charge in [-0.15, -0.1) is 0 Å². The zero-order valence-electron chi connectivity index (χ0n) is 15.0. The van der Waals surface area contributed by atoms with Gasteiger partial charge >= 0.3 is 5.97 Å². The Labute approximate surface area is 155 Å². The molecular weight excluding hydrogens is 364 g/mol. The van der Waals surface area contributed by atoms with Gasteiger partial charge in [-0.1, -0.05) is 0 Å². The molecule has 27 heavy (non-hydrogen) atoms. The molecule has 3 aliphatic rings. The molecule has 10 heteroatoms. The molecule has 1 saturated heterocycles. The highest BCUT2D eigenvalue weighted by atomic mass is 16.8. The molecule has 10 atom stereocenters. The first-order chi connectivity index (χ1) is 12.7. The highest BCUT2D eigenvalue weighted by Gasteiger charge is 2.57. The second-order valence-corrected chi connectivity index (χ2v) is 7.48. The number of ether oxygens (including phenoxy) is 4. The van der Waals surface area contributed by atoms with Crippen LogP contribution >= 0.6 is 0 Å². The molecule has 3 rings (SSSR count). The lowest BCUT2D eigenvalue weighted by atomic mass is 9.85. The van der Waals surface area contributed by atoms with E-state index in [4.69, 9.17) is 18.9 Å². The summed E-state index contributed by atoms with van der Waals surface area (Å²) in [6.45, 7) is 2.27. The lowest BCUT2D eigenvalue weighted by Gasteiger charge is -2.43. The molecule has 2 heterocycles. The zero-order chi connectivity index (χ0) is 19.9. The van der Waals surface area contributed by atoms with Crippen molar-refractivity contribution in [3.8, 4) is 0 Å². The summed E-state index contributed by atoms with van der Waals surface area (Å²) >= 11 is 0. The predicted octanol–water partition coefficient (Wildman–Crippen LogP) is -2.01. The van der Waals surface area contributed by atoms with Gasteiger partial charge in [0.25, 0.3) is 0 Å².